The van der Waals surface area contributed by atoms with Crippen molar-refractivity contribution in [3.05, 3.63) is 78.6 Å². The number of rotatable bonds is 6. The predicted octanol–water partition coefficient (Wildman–Crippen LogP) is 3.13. The molecule has 0 spiro atoms. The number of nitrogens with two attached hydrogens (primary N) is 1. The molecular weight excluding hydrogens is 284 g/mol. The van der Waals surface area contributed by atoms with E-state index < -0.39 is 0 Å². The fourth-order valence-corrected chi connectivity index (χ4v) is 2.44. The first-order valence-corrected chi connectivity index (χ1v) is 7.72. The Hall–Kier alpha value is -2.72. The largest absolute Gasteiger partial charge is 0.368 e. The van der Waals surface area contributed by atoms with Crippen LogP contribution >= 0.6 is 0 Å². The first-order chi connectivity index (χ1) is 11.3. The van der Waals surface area contributed by atoms with Crippen LogP contribution in [0, 0.1) is 0 Å². The SMILES string of the molecule is N[C@H](CNc1cccc(-c2ccncc2)n1)Cc1ccccc1. The number of pyridine rings is 2. The minimum absolute atomic E-state index is 0.0452. The van der Waals surface area contributed by atoms with Gasteiger partial charge in [-0.15, -0.1) is 0 Å². The van der Waals surface area contributed by atoms with Crippen molar-refractivity contribution in [3.63, 3.8) is 0 Å². The standard InChI is InChI=1S/C19H20N4/c20-17(13-15-5-2-1-3-6-15)14-22-19-8-4-7-18(23-19)16-9-11-21-12-10-16/h1-12,17H,13-14,20H2,(H,22,23)/t17-/m0/s1. The first kappa shape index (κ1) is 15.2. The molecule has 0 aliphatic carbocycles. The Morgan fingerprint density at radius 2 is 1.70 bits per heavy atom. The lowest BCUT2D eigenvalue weighted by atomic mass is 10.1. The molecule has 0 bridgehead atoms. The van der Waals surface area contributed by atoms with E-state index in [-0.39, 0.29) is 6.04 Å². The van der Waals surface area contributed by atoms with Gasteiger partial charge < -0.3 is 11.1 Å². The van der Waals surface area contributed by atoms with Crippen LogP contribution in [0.15, 0.2) is 73.1 Å². The number of hydrogen-bond donors (Lipinski definition) is 2. The van der Waals surface area contributed by atoms with Crippen LogP contribution in [0.3, 0.4) is 0 Å². The van der Waals surface area contributed by atoms with Gasteiger partial charge in [0.2, 0.25) is 0 Å². The molecule has 3 rings (SSSR count). The molecule has 0 fully saturated rings. The van der Waals surface area contributed by atoms with Gasteiger partial charge in [0.15, 0.2) is 0 Å². The number of aromatic nitrogens is 2. The van der Waals surface area contributed by atoms with E-state index >= 15 is 0 Å². The van der Waals surface area contributed by atoms with Gasteiger partial charge in [0.1, 0.15) is 5.82 Å². The van der Waals surface area contributed by atoms with Gasteiger partial charge in [-0.1, -0.05) is 36.4 Å². The average molecular weight is 304 g/mol. The molecule has 116 valence electrons. The molecule has 3 aromatic rings. The Kier molecular flexibility index (Phi) is 4.96. The molecule has 3 N–H and O–H groups in total. The zero-order valence-corrected chi connectivity index (χ0v) is 12.9. The summed E-state index contributed by atoms with van der Waals surface area (Å²) < 4.78 is 0. The third-order valence-corrected chi connectivity index (χ3v) is 3.61. The van der Waals surface area contributed by atoms with E-state index in [1.807, 2.05) is 48.5 Å². The molecule has 2 aromatic heterocycles. The van der Waals surface area contributed by atoms with Gasteiger partial charge in [-0.3, -0.25) is 4.98 Å². The lowest BCUT2D eigenvalue weighted by molar-refractivity contribution is 0.698. The summed E-state index contributed by atoms with van der Waals surface area (Å²) in [5, 5.41) is 3.32. The Morgan fingerprint density at radius 1 is 0.913 bits per heavy atom. The van der Waals surface area contributed by atoms with Gasteiger partial charge in [-0.25, -0.2) is 4.98 Å². The molecule has 0 aliphatic heterocycles. The highest BCUT2D eigenvalue weighted by Crippen LogP contribution is 2.17. The van der Waals surface area contributed by atoms with Gasteiger partial charge in [-0.05, 0) is 36.2 Å². The average Bonchev–Trinajstić information content (AvgIpc) is 2.62. The maximum atomic E-state index is 6.20. The summed E-state index contributed by atoms with van der Waals surface area (Å²) in [4.78, 5) is 8.66. The number of anilines is 1. The van der Waals surface area contributed by atoms with Crippen molar-refractivity contribution >= 4 is 5.82 Å². The third-order valence-electron chi connectivity index (χ3n) is 3.61. The summed E-state index contributed by atoms with van der Waals surface area (Å²) >= 11 is 0. The zero-order chi connectivity index (χ0) is 15.9. The Labute approximate surface area is 136 Å². The second-order valence-corrected chi connectivity index (χ2v) is 5.47. The highest BCUT2D eigenvalue weighted by Gasteiger charge is 2.05. The van der Waals surface area contributed by atoms with E-state index in [0.29, 0.717) is 6.54 Å². The van der Waals surface area contributed by atoms with Crippen LogP contribution in [0.2, 0.25) is 0 Å². The van der Waals surface area contributed by atoms with Gasteiger partial charge in [-0.2, -0.15) is 0 Å². The van der Waals surface area contributed by atoms with Crippen LogP contribution < -0.4 is 11.1 Å². The molecule has 0 saturated heterocycles. The summed E-state index contributed by atoms with van der Waals surface area (Å²) in [6.07, 6.45) is 4.39. The minimum Gasteiger partial charge on any atom is -0.368 e. The van der Waals surface area contributed by atoms with Crippen LogP contribution in [-0.2, 0) is 6.42 Å². The van der Waals surface area contributed by atoms with Gasteiger partial charge in [0, 0.05) is 30.5 Å². The first-order valence-electron chi connectivity index (χ1n) is 7.72. The van der Waals surface area contributed by atoms with Gasteiger partial charge in [0.05, 0.1) is 5.69 Å². The Morgan fingerprint density at radius 3 is 2.48 bits per heavy atom. The van der Waals surface area contributed by atoms with Crippen LogP contribution in [-0.4, -0.2) is 22.6 Å². The van der Waals surface area contributed by atoms with Crippen molar-refractivity contribution < 1.29 is 0 Å². The van der Waals surface area contributed by atoms with E-state index in [9.17, 15) is 0 Å². The quantitative estimate of drug-likeness (QED) is 0.734. The van der Waals surface area contributed by atoms with E-state index in [0.717, 1.165) is 23.5 Å². The highest BCUT2D eigenvalue weighted by molar-refractivity contribution is 5.60. The van der Waals surface area contributed by atoms with E-state index in [2.05, 4.69) is 27.4 Å². The number of nitrogens with zero attached hydrogens (tertiary/aromatic N) is 2. The molecule has 23 heavy (non-hydrogen) atoms. The molecule has 4 nitrogen and oxygen atoms in total. The number of nitrogens with one attached hydrogen (secondary N) is 1. The van der Waals surface area contributed by atoms with Crippen molar-refractivity contribution in [1.82, 2.24) is 9.97 Å². The molecule has 0 amide bonds. The third kappa shape index (κ3) is 4.37. The van der Waals surface area contributed by atoms with Crippen molar-refractivity contribution in [2.75, 3.05) is 11.9 Å². The normalized spacial score (nSPS) is 11.9. The van der Waals surface area contributed by atoms with Crippen LogP contribution in [0.5, 0.6) is 0 Å². The molecule has 2 heterocycles. The summed E-state index contributed by atoms with van der Waals surface area (Å²) in [5.74, 6) is 0.836. The minimum atomic E-state index is 0.0452. The fraction of sp³-hybridized carbons (Fsp3) is 0.158. The van der Waals surface area contributed by atoms with Gasteiger partial charge in [0.25, 0.3) is 0 Å². The number of hydrogen-bond acceptors (Lipinski definition) is 4. The second-order valence-electron chi connectivity index (χ2n) is 5.47. The Bertz CT molecular complexity index is 729. The van der Waals surface area contributed by atoms with E-state index in [1.165, 1.54) is 5.56 Å². The molecular formula is C19H20N4. The van der Waals surface area contributed by atoms with Crippen LogP contribution in [0.1, 0.15) is 5.56 Å². The molecule has 1 atom stereocenters. The van der Waals surface area contributed by atoms with E-state index in [1.54, 1.807) is 12.4 Å². The van der Waals surface area contributed by atoms with Crippen molar-refractivity contribution in [1.29, 1.82) is 0 Å². The zero-order valence-electron chi connectivity index (χ0n) is 12.9. The number of benzene rings is 1. The maximum Gasteiger partial charge on any atom is 0.126 e. The Balaban J connectivity index is 1.60. The van der Waals surface area contributed by atoms with Crippen molar-refractivity contribution in [2.24, 2.45) is 5.73 Å². The van der Waals surface area contributed by atoms with Crippen molar-refractivity contribution in [3.8, 4) is 11.3 Å². The lowest BCUT2D eigenvalue weighted by Crippen LogP contribution is -2.31. The summed E-state index contributed by atoms with van der Waals surface area (Å²) in [6.45, 7) is 0.682. The predicted molar refractivity (Wildman–Crippen MR) is 94.1 cm³/mol. The molecule has 0 aliphatic rings. The highest BCUT2D eigenvalue weighted by atomic mass is 15.0. The molecule has 0 radical (unpaired) electrons. The maximum absolute atomic E-state index is 6.20. The summed E-state index contributed by atoms with van der Waals surface area (Å²) in [7, 11) is 0. The second kappa shape index (κ2) is 7.51. The summed E-state index contributed by atoms with van der Waals surface area (Å²) in [5.41, 5.74) is 9.43. The smallest absolute Gasteiger partial charge is 0.126 e. The molecule has 0 saturated carbocycles. The van der Waals surface area contributed by atoms with Crippen LogP contribution in [0.4, 0.5) is 5.82 Å². The monoisotopic (exact) mass is 304 g/mol. The fourth-order valence-electron chi connectivity index (χ4n) is 2.44. The van der Waals surface area contributed by atoms with E-state index in [4.69, 9.17) is 5.73 Å². The topological polar surface area (TPSA) is 63.8 Å². The molecule has 0 unspecified atom stereocenters. The van der Waals surface area contributed by atoms with Crippen LogP contribution in [0.25, 0.3) is 11.3 Å². The van der Waals surface area contributed by atoms with Gasteiger partial charge >= 0.3 is 0 Å². The summed E-state index contributed by atoms with van der Waals surface area (Å²) in [6, 6.07) is 20.2. The van der Waals surface area contributed by atoms with Crippen molar-refractivity contribution in [2.45, 2.75) is 12.5 Å². The molecule has 4 heteroatoms. The lowest BCUT2D eigenvalue weighted by Gasteiger charge is -2.14. The molecule has 1 aromatic carbocycles.